The molecule has 3 aromatic rings. The van der Waals surface area contributed by atoms with E-state index in [1.165, 1.54) is 104 Å². The Morgan fingerprint density at radius 2 is 0.750 bits per heavy atom. The molecule has 0 spiro atoms. The molecule has 0 saturated carbocycles. The van der Waals surface area contributed by atoms with Crippen LogP contribution in [-0.4, -0.2) is 73.3 Å². The van der Waals surface area contributed by atoms with Crippen molar-refractivity contribution in [2.24, 2.45) is 0 Å². The van der Waals surface area contributed by atoms with Crippen LogP contribution in [0.2, 0.25) is 49.6 Å². The molecule has 0 radical (unpaired) electrons. The summed E-state index contributed by atoms with van der Waals surface area (Å²) < 4.78 is 19.3. The van der Waals surface area contributed by atoms with Crippen molar-refractivity contribution < 1.29 is 0 Å². The van der Waals surface area contributed by atoms with Crippen LogP contribution in [0.5, 0.6) is 0 Å². The Hall–Kier alpha value is 1.16. The van der Waals surface area contributed by atoms with Gasteiger partial charge in [-0.2, -0.15) is 0 Å². The van der Waals surface area contributed by atoms with Crippen LogP contribution in [0.25, 0.3) is 20.9 Å². The Balaban J connectivity index is 1.61. The fourth-order valence-electron chi connectivity index (χ4n) is 9.05. The van der Waals surface area contributed by atoms with Gasteiger partial charge in [0.25, 0.3) is 0 Å². The van der Waals surface area contributed by atoms with E-state index in [9.17, 15) is 0 Å². The summed E-state index contributed by atoms with van der Waals surface area (Å²) in [7, 11) is 0. The maximum atomic E-state index is 5.90. The third-order valence-corrected chi connectivity index (χ3v) is 64.6. The van der Waals surface area contributed by atoms with Gasteiger partial charge in [0, 0.05) is 0 Å². The van der Waals surface area contributed by atoms with Crippen LogP contribution in [0.1, 0.15) is 119 Å². The number of aromatic nitrogens is 2. The molecular weight excluding hydrogens is 955 g/mol. The molecule has 0 amide bonds. The molecule has 0 saturated heterocycles. The number of hydrogen-bond acceptors (Lipinski definition) is 4. The van der Waals surface area contributed by atoms with E-state index >= 15 is 0 Å². The van der Waals surface area contributed by atoms with Gasteiger partial charge in [0.05, 0.1) is 0 Å². The number of nitrogens with zero attached hydrogens (tertiary/aromatic N) is 2. The van der Waals surface area contributed by atoms with Gasteiger partial charge in [0.1, 0.15) is 0 Å². The van der Waals surface area contributed by atoms with Gasteiger partial charge in [-0.05, 0) is 0 Å². The van der Waals surface area contributed by atoms with E-state index in [1.54, 1.807) is 44.8 Å². The van der Waals surface area contributed by atoms with E-state index in [1.807, 2.05) is 0 Å². The number of benzene rings is 1. The summed E-state index contributed by atoms with van der Waals surface area (Å²) in [6.07, 6.45) is 16.5. The minimum atomic E-state index is -2.57. The van der Waals surface area contributed by atoms with E-state index in [0.29, 0.717) is 0 Å². The molecule has 8 heteroatoms. The second-order valence-electron chi connectivity index (χ2n) is 16.8. The summed E-state index contributed by atoms with van der Waals surface area (Å²) in [6, 6.07) is 5.53. The van der Waals surface area contributed by atoms with Crippen LogP contribution >= 0.6 is 22.7 Å². The first-order valence-corrected chi connectivity index (χ1v) is 49.4. The topological polar surface area (TPSA) is 25.8 Å². The summed E-state index contributed by atoms with van der Waals surface area (Å²) in [6.45, 7) is 14.4. The summed E-state index contributed by atoms with van der Waals surface area (Å²) in [4.78, 5) is 15.1. The minimum absolute atomic E-state index is 1.34. The van der Waals surface area contributed by atoms with Gasteiger partial charge in [0.2, 0.25) is 0 Å². The summed E-state index contributed by atoms with van der Waals surface area (Å²) in [5.74, 6) is 10.7. The second kappa shape index (κ2) is 17.1. The third kappa shape index (κ3) is 7.58. The molecule has 1 aromatic carbocycles. The van der Waals surface area contributed by atoms with Crippen molar-refractivity contribution in [2.45, 2.75) is 168 Å². The molecule has 2 nitrogen and oxygen atoms in total. The average Bonchev–Trinajstić information content (AvgIpc) is 3.82. The van der Waals surface area contributed by atoms with Gasteiger partial charge in [-0.15, -0.1) is 0 Å². The van der Waals surface area contributed by atoms with Crippen molar-refractivity contribution in [3.63, 3.8) is 0 Å². The van der Waals surface area contributed by atoms with E-state index in [4.69, 9.17) is 9.97 Å². The predicted octanol–water partition coefficient (Wildman–Crippen LogP) is 10.3. The van der Waals surface area contributed by atoms with Crippen molar-refractivity contribution in [3.8, 4) is 20.9 Å². The SMILES string of the molecule is CCC[CH2][Sn]([CH2]CCC)([CH2]CCC)[c]1n[c]2c(s1)-c1c[c]3c(c[c]1[Ge]2([CH3])[CH3])-c1s[c]([Sn]([CH2]CCC)([CH2]CCC)[CH2]CCC)n[c]1[Ge]3([CH3])[CH3]. The average molecular weight is 1020 g/mol. The molecule has 0 aliphatic carbocycles. The van der Waals surface area contributed by atoms with Gasteiger partial charge in [-0.1, -0.05) is 0 Å². The van der Waals surface area contributed by atoms with Crippen LogP contribution in [0, 0.1) is 0 Å². The first kappa shape index (κ1) is 40.4. The normalized spacial score (nSPS) is 15.9. The molecule has 2 aliphatic heterocycles. The standard InChI is InChI=1S/C16H14Ge2N2S2.6C4H9.2Sn/c1-17(2)11-5-10-12(6-9(11)13-15(17)19-7-21-13)18(3,4)16-14(10)22-8-20-16;6*1-3-4-2;;/h5-6H,1-4H3;6*1,3-4H2,2H3;;. The molecule has 48 heavy (non-hydrogen) atoms. The second-order valence-corrected chi connectivity index (χ2v) is 64.6. The molecule has 2 aromatic heterocycles. The molecule has 0 unspecified atom stereocenters. The molecule has 4 heterocycles. The van der Waals surface area contributed by atoms with Crippen molar-refractivity contribution in [2.75, 3.05) is 0 Å². The Bertz CT molecular complexity index is 1380. The van der Waals surface area contributed by atoms with Crippen molar-refractivity contribution in [1.29, 1.82) is 0 Å². The Morgan fingerprint density at radius 3 is 1.00 bits per heavy atom. The Morgan fingerprint density at radius 1 is 0.479 bits per heavy atom. The summed E-state index contributed by atoms with van der Waals surface area (Å²) in [5.41, 5.74) is 3.27. The maximum absolute atomic E-state index is 5.90. The van der Waals surface area contributed by atoms with E-state index in [2.05, 4.69) is 99.4 Å². The van der Waals surface area contributed by atoms with Gasteiger partial charge < -0.3 is 0 Å². The molecule has 0 N–H and O–H groups in total. The summed E-state index contributed by atoms with van der Waals surface area (Å²) >= 11 is -5.73. The van der Waals surface area contributed by atoms with Crippen LogP contribution in [0.3, 0.4) is 0 Å². The molecule has 2 aliphatic rings. The quantitative estimate of drug-likeness (QED) is 0.105. The molecule has 0 bridgehead atoms. The monoisotopic (exact) mass is 1030 g/mol. The van der Waals surface area contributed by atoms with Gasteiger partial charge in [0.15, 0.2) is 0 Å². The Labute approximate surface area is 317 Å². The number of thiazole rings is 2. The van der Waals surface area contributed by atoms with E-state index in [-0.39, 0.29) is 0 Å². The fraction of sp³-hybridized carbons (Fsp3) is 0.700. The zero-order valence-electron chi connectivity index (χ0n) is 32.6. The Kier molecular flexibility index (Phi) is 14.4. The number of fused-ring (bicyclic) bond motifs is 6. The zero-order chi connectivity index (χ0) is 34.7. The van der Waals surface area contributed by atoms with Crippen molar-refractivity contribution in [3.05, 3.63) is 12.1 Å². The van der Waals surface area contributed by atoms with Crippen LogP contribution < -0.4 is 23.9 Å². The van der Waals surface area contributed by atoms with Crippen molar-refractivity contribution in [1.82, 2.24) is 9.97 Å². The molecule has 266 valence electrons. The van der Waals surface area contributed by atoms with E-state index in [0.717, 1.165) is 0 Å². The first-order chi connectivity index (χ1) is 23.0. The van der Waals surface area contributed by atoms with E-state index < -0.39 is 63.3 Å². The van der Waals surface area contributed by atoms with Crippen LogP contribution in [0.4, 0.5) is 0 Å². The van der Waals surface area contributed by atoms with Crippen molar-refractivity contribution >= 4 is 110 Å². The molecule has 0 fully saturated rings. The van der Waals surface area contributed by atoms with Gasteiger partial charge in [-0.25, -0.2) is 0 Å². The first-order valence-electron chi connectivity index (χ1n) is 20.2. The van der Waals surface area contributed by atoms with Crippen LogP contribution in [0.15, 0.2) is 12.1 Å². The summed E-state index contributed by atoms with van der Waals surface area (Å²) in [5, 5.41) is 0. The fourth-order valence-corrected chi connectivity index (χ4v) is 64.9. The van der Waals surface area contributed by atoms with Gasteiger partial charge in [-0.3, -0.25) is 0 Å². The third-order valence-electron chi connectivity index (χ3n) is 12.4. The van der Waals surface area contributed by atoms with Crippen LogP contribution in [-0.2, 0) is 0 Å². The molecular formula is C40H68Ge2N2S2Sn2. The number of unbranched alkanes of at least 4 members (excludes halogenated alkanes) is 6. The molecule has 5 rings (SSSR count). The number of hydrogen-bond donors (Lipinski definition) is 0. The zero-order valence-corrected chi connectivity index (χ0v) is 44.1. The predicted molar refractivity (Wildman–Crippen MR) is 231 cm³/mol. The number of rotatable bonds is 20. The molecule has 0 atom stereocenters. The van der Waals surface area contributed by atoms with Gasteiger partial charge >= 0.3 is 321 Å².